The average molecular weight is 579 g/mol. The van der Waals surface area contributed by atoms with E-state index in [-0.39, 0.29) is 17.0 Å². The third-order valence-electron chi connectivity index (χ3n) is 5.56. The number of ketones is 1. The summed E-state index contributed by atoms with van der Waals surface area (Å²) in [6.07, 6.45) is -12.3. The summed E-state index contributed by atoms with van der Waals surface area (Å²) in [6.45, 7) is -2.01. The SMILES string of the molecule is NC(=O)OCC(CC(=O)Cn1nc(-c2ccc(Cl)cc2)n(CCC(F)(F)F)c1=O)c1cccc(C(F)(F)F)c1. The number of primary amides is 1. The van der Waals surface area contributed by atoms with Crippen LogP contribution in [0.25, 0.3) is 11.4 Å². The number of rotatable bonds is 10. The Morgan fingerprint density at radius 3 is 2.31 bits per heavy atom. The van der Waals surface area contributed by atoms with Crippen molar-refractivity contribution in [3.05, 3.63) is 75.2 Å². The molecule has 1 amide bonds. The Morgan fingerprint density at radius 1 is 1.05 bits per heavy atom. The number of halogens is 7. The molecule has 0 aliphatic heterocycles. The molecule has 0 radical (unpaired) electrons. The number of benzene rings is 2. The number of hydrogen-bond donors (Lipinski definition) is 1. The minimum absolute atomic E-state index is 0.0179. The van der Waals surface area contributed by atoms with Crippen LogP contribution >= 0.6 is 11.6 Å². The van der Waals surface area contributed by atoms with Crippen LogP contribution in [0, 0.1) is 0 Å². The first-order valence-corrected chi connectivity index (χ1v) is 11.6. The standard InChI is InChI=1S/C24H21ClF6N4O4/c25-18-6-4-14(5-7-18)20-33-35(22(38)34(20)9-8-23(26,27)28)12-19(36)11-16(13-39-21(32)37)15-2-1-3-17(10-15)24(29,30)31/h1-7,10,16H,8-9,11-13H2,(H2,32,37). The van der Waals surface area contributed by atoms with Crippen molar-refractivity contribution in [2.24, 2.45) is 5.73 Å². The second kappa shape index (κ2) is 11.9. The fourth-order valence-corrected chi connectivity index (χ4v) is 3.85. The summed E-state index contributed by atoms with van der Waals surface area (Å²) in [6, 6.07) is 9.79. The second-order valence-electron chi connectivity index (χ2n) is 8.48. The Balaban J connectivity index is 1.90. The molecule has 1 unspecified atom stereocenters. The smallest absolute Gasteiger partial charge is 0.416 e. The molecule has 0 aliphatic rings. The Bertz CT molecular complexity index is 1380. The predicted octanol–water partition coefficient (Wildman–Crippen LogP) is 5.17. The quantitative estimate of drug-likeness (QED) is 0.334. The van der Waals surface area contributed by atoms with Crippen molar-refractivity contribution < 1.29 is 40.7 Å². The number of carbonyl (C=O) groups is 2. The molecule has 0 bridgehead atoms. The summed E-state index contributed by atoms with van der Waals surface area (Å²) in [5.41, 5.74) is 3.25. The Labute approximate surface area is 221 Å². The maximum atomic E-state index is 13.2. The highest BCUT2D eigenvalue weighted by Gasteiger charge is 2.32. The van der Waals surface area contributed by atoms with E-state index in [1.165, 1.54) is 30.3 Å². The van der Waals surface area contributed by atoms with Gasteiger partial charge < -0.3 is 10.5 Å². The van der Waals surface area contributed by atoms with E-state index < -0.39 is 73.9 Å². The number of nitrogens with two attached hydrogens (primary N) is 1. The Hall–Kier alpha value is -3.81. The van der Waals surface area contributed by atoms with Crippen molar-refractivity contribution in [3.63, 3.8) is 0 Å². The van der Waals surface area contributed by atoms with E-state index in [1.807, 2.05) is 0 Å². The maximum absolute atomic E-state index is 13.2. The van der Waals surface area contributed by atoms with Crippen LogP contribution in [0.4, 0.5) is 31.1 Å². The number of ether oxygens (including phenoxy) is 1. The van der Waals surface area contributed by atoms with Gasteiger partial charge >= 0.3 is 24.1 Å². The summed E-state index contributed by atoms with van der Waals surface area (Å²) in [5, 5.41) is 4.36. The Kier molecular flexibility index (Phi) is 9.10. The van der Waals surface area contributed by atoms with Crippen LogP contribution < -0.4 is 11.4 Å². The monoisotopic (exact) mass is 578 g/mol. The first kappa shape index (κ1) is 29.7. The van der Waals surface area contributed by atoms with E-state index in [1.54, 1.807) is 0 Å². The second-order valence-corrected chi connectivity index (χ2v) is 8.92. The number of carbonyl (C=O) groups excluding carboxylic acids is 2. The zero-order valence-corrected chi connectivity index (χ0v) is 20.7. The summed E-state index contributed by atoms with van der Waals surface area (Å²) in [4.78, 5) is 36.9. The van der Waals surface area contributed by atoms with Gasteiger partial charge in [-0.25, -0.2) is 14.3 Å². The van der Waals surface area contributed by atoms with Crippen molar-refractivity contribution in [3.8, 4) is 11.4 Å². The van der Waals surface area contributed by atoms with E-state index in [0.29, 0.717) is 9.70 Å². The lowest BCUT2D eigenvalue weighted by Crippen LogP contribution is -2.30. The molecule has 3 aromatic rings. The average Bonchev–Trinajstić information content (AvgIpc) is 3.14. The normalized spacial score (nSPS) is 12.8. The molecule has 0 saturated carbocycles. The van der Waals surface area contributed by atoms with Gasteiger partial charge in [0.25, 0.3) is 0 Å². The fraction of sp³-hybridized carbons (Fsp3) is 0.333. The van der Waals surface area contributed by atoms with Gasteiger partial charge in [-0.15, -0.1) is 5.10 Å². The van der Waals surface area contributed by atoms with Crippen LogP contribution in [0.15, 0.2) is 53.3 Å². The summed E-state index contributed by atoms with van der Waals surface area (Å²) < 4.78 is 84.3. The van der Waals surface area contributed by atoms with Gasteiger partial charge in [-0.1, -0.05) is 29.8 Å². The molecule has 0 fully saturated rings. The number of aromatic nitrogens is 3. The number of hydrogen-bond acceptors (Lipinski definition) is 5. The van der Waals surface area contributed by atoms with Crippen molar-refractivity contribution in [1.82, 2.24) is 14.3 Å². The Morgan fingerprint density at radius 2 is 1.72 bits per heavy atom. The van der Waals surface area contributed by atoms with E-state index in [4.69, 9.17) is 22.1 Å². The zero-order chi connectivity index (χ0) is 29.0. The molecule has 1 heterocycles. The molecule has 2 N–H and O–H groups in total. The van der Waals surface area contributed by atoms with Crippen LogP contribution in [-0.4, -0.2) is 39.0 Å². The third kappa shape index (κ3) is 8.34. The molecule has 2 aromatic carbocycles. The van der Waals surface area contributed by atoms with Crippen LogP contribution in [0.2, 0.25) is 5.02 Å². The van der Waals surface area contributed by atoms with E-state index in [2.05, 4.69) is 5.10 Å². The van der Waals surface area contributed by atoms with Gasteiger partial charge in [-0.2, -0.15) is 26.3 Å². The lowest BCUT2D eigenvalue weighted by atomic mass is 9.93. The number of alkyl halides is 6. The molecule has 1 aromatic heterocycles. The molecule has 210 valence electrons. The maximum Gasteiger partial charge on any atom is 0.416 e. The first-order valence-electron chi connectivity index (χ1n) is 11.3. The van der Waals surface area contributed by atoms with Crippen LogP contribution in [0.5, 0.6) is 0 Å². The molecule has 39 heavy (non-hydrogen) atoms. The zero-order valence-electron chi connectivity index (χ0n) is 19.9. The molecule has 0 aliphatic carbocycles. The van der Waals surface area contributed by atoms with E-state index >= 15 is 0 Å². The third-order valence-corrected chi connectivity index (χ3v) is 5.81. The number of nitrogens with zero attached hydrogens (tertiary/aromatic N) is 3. The van der Waals surface area contributed by atoms with Gasteiger partial charge in [0.05, 0.1) is 12.0 Å². The van der Waals surface area contributed by atoms with Crippen LogP contribution in [-0.2, 0) is 28.8 Å². The van der Waals surface area contributed by atoms with Gasteiger partial charge in [-0.05, 0) is 35.9 Å². The minimum Gasteiger partial charge on any atom is -0.449 e. The highest BCUT2D eigenvalue weighted by atomic mass is 35.5. The van der Waals surface area contributed by atoms with Gasteiger partial charge in [0.1, 0.15) is 13.2 Å². The van der Waals surface area contributed by atoms with Crippen LogP contribution in [0.1, 0.15) is 29.9 Å². The van der Waals surface area contributed by atoms with Gasteiger partial charge in [0.2, 0.25) is 0 Å². The first-order chi connectivity index (χ1) is 18.1. The lowest BCUT2D eigenvalue weighted by Gasteiger charge is -2.18. The van der Waals surface area contributed by atoms with Crippen molar-refractivity contribution in [1.29, 1.82) is 0 Å². The van der Waals surface area contributed by atoms with E-state index in [9.17, 15) is 40.7 Å². The van der Waals surface area contributed by atoms with Crippen molar-refractivity contribution in [2.45, 2.75) is 44.2 Å². The lowest BCUT2D eigenvalue weighted by molar-refractivity contribution is -0.138. The predicted molar refractivity (Wildman–Crippen MR) is 127 cm³/mol. The highest BCUT2D eigenvalue weighted by Crippen LogP contribution is 2.32. The molecule has 3 rings (SSSR count). The molecular formula is C24H21ClF6N4O4. The highest BCUT2D eigenvalue weighted by molar-refractivity contribution is 6.30. The van der Waals surface area contributed by atoms with Gasteiger partial charge in [0, 0.05) is 29.5 Å². The van der Waals surface area contributed by atoms with Crippen LogP contribution in [0.3, 0.4) is 0 Å². The van der Waals surface area contributed by atoms with Crippen molar-refractivity contribution >= 4 is 23.5 Å². The van der Waals surface area contributed by atoms with E-state index in [0.717, 1.165) is 22.8 Å². The molecule has 1 atom stereocenters. The largest absolute Gasteiger partial charge is 0.449 e. The molecule has 8 nitrogen and oxygen atoms in total. The van der Waals surface area contributed by atoms with Gasteiger partial charge in [0.15, 0.2) is 11.6 Å². The molecular weight excluding hydrogens is 558 g/mol. The van der Waals surface area contributed by atoms with Crippen molar-refractivity contribution in [2.75, 3.05) is 6.61 Å². The van der Waals surface area contributed by atoms with Gasteiger partial charge in [-0.3, -0.25) is 9.36 Å². The summed E-state index contributed by atoms with van der Waals surface area (Å²) in [5.74, 6) is -1.91. The number of amides is 1. The minimum atomic E-state index is -4.68. The summed E-state index contributed by atoms with van der Waals surface area (Å²) >= 11 is 5.85. The fourth-order valence-electron chi connectivity index (χ4n) is 3.73. The molecule has 0 saturated heterocycles. The number of Topliss-reactive ketones (excluding diaryl/α,β-unsaturated/α-hetero) is 1. The topological polar surface area (TPSA) is 109 Å². The summed E-state index contributed by atoms with van der Waals surface area (Å²) in [7, 11) is 0. The molecule has 0 spiro atoms. The molecule has 15 heteroatoms.